The quantitative estimate of drug-likeness (QED) is 0.166. The smallest absolute Gasteiger partial charge is 0.164 e. The van der Waals surface area contributed by atoms with E-state index in [0.717, 1.165) is 83.1 Å². The van der Waals surface area contributed by atoms with E-state index in [1.54, 1.807) is 0 Å². The first-order valence-corrected chi connectivity index (χ1v) is 18.4. The van der Waals surface area contributed by atoms with Gasteiger partial charge in [0.1, 0.15) is 11.2 Å². The molecule has 2 aromatic heterocycles. The number of aromatic nitrogens is 3. The summed E-state index contributed by atoms with van der Waals surface area (Å²) in [7, 11) is 0. The first-order valence-electron chi connectivity index (χ1n) is 18.4. The molecule has 0 fully saturated rings. The molecule has 10 aromatic rings. The Labute approximate surface area is 319 Å². The van der Waals surface area contributed by atoms with Crippen molar-refractivity contribution in [1.29, 1.82) is 0 Å². The van der Waals surface area contributed by atoms with Crippen LogP contribution in [0.2, 0.25) is 0 Å². The molecule has 4 nitrogen and oxygen atoms in total. The van der Waals surface area contributed by atoms with Gasteiger partial charge in [0, 0.05) is 33.0 Å². The number of furan rings is 1. The van der Waals surface area contributed by atoms with Crippen molar-refractivity contribution >= 4 is 21.9 Å². The third-order valence-corrected chi connectivity index (χ3v) is 10.2. The molecule has 0 spiro atoms. The van der Waals surface area contributed by atoms with Gasteiger partial charge in [-0.05, 0) is 51.1 Å². The zero-order chi connectivity index (χ0) is 36.6. The molecule has 2 heterocycles. The number of hydrogen-bond acceptors (Lipinski definition) is 4. The van der Waals surface area contributed by atoms with Crippen LogP contribution in [0, 0.1) is 0 Å². The average Bonchev–Trinajstić information content (AvgIpc) is 3.67. The van der Waals surface area contributed by atoms with E-state index in [4.69, 9.17) is 19.4 Å². The summed E-state index contributed by atoms with van der Waals surface area (Å²) < 4.78 is 6.77. The summed E-state index contributed by atoms with van der Waals surface area (Å²) in [4.78, 5) is 15.5. The average molecular weight is 704 g/mol. The molecule has 10 rings (SSSR count). The number of rotatable bonds is 7. The Balaban J connectivity index is 1.16. The highest BCUT2D eigenvalue weighted by molar-refractivity contribution is 6.15. The Morgan fingerprint density at radius 2 is 0.764 bits per heavy atom. The first kappa shape index (κ1) is 32.2. The fourth-order valence-corrected chi connectivity index (χ4v) is 7.50. The van der Waals surface area contributed by atoms with E-state index in [-0.39, 0.29) is 0 Å². The molecule has 0 atom stereocenters. The molecule has 8 aromatic carbocycles. The Hall–Kier alpha value is -7.43. The van der Waals surface area contributed by atoms with Crippen LogP contribution in [-0.2, 0) is 0 Å². The second kappa shape index (κ2) is 13.8. The summed E-state index contributed by atoms with van der Waals surface area (Å²) in [6.07, 6.45) is 0. The number of benzene rings is 8. The maximum atomic E-state index is 6.77. The van der Waals surface area contributed by atoms with Gasteiger partial charge in [0.25, 0.3) is 0 Å². The zero-order valence-electron chi connectivity index (χ0n) is 29.8. The Morgan fingerprint density at radius 3 is 1.49 bits per heavy atom. The molecule has 55 heavy (non-hydrogen) atoms. The molecule has 0 radical (unpaired) electrons. The van der Waals surface area contributed by atoms with Crippen LogP contribution in [0.5, 0.6) is 0 Å². The van der Waals surface area contributed by atoms with E-state index in [0.29, 0.717) is 17.5 Å². The predicted octanol–water partition coefficient (Wildman–Crippen LogP) is 13.4. The van der Waals surface area contributed by atoms with Gasteiger partial charge in [0.15, 0.2) is 17.5 Å². The Bertz CT molecular complexity index is 2950. The number of para-hydroxylation sites is 1. The van der Waals surface area contributed by atoms with Crippen molar-refractivity contribution in [2.75, 3.05) is 0 Å². The van der Waals surface area contributed by atoms with Gasteiger partial charge in [-0.25, -0.2) is 15.0 Å². The van der Waals surface area contributed by atoms with Crippen molar-refractivity contribution in [1.82, 2.24) is 15.0 Å². The second-order valence-corrected chi connectivity index (χ2v) is 13.6. The normalized spacial score (nSPS) is 11.3. The number of nitrogens with zero attached hydrogens (tertiary/aromatic N) is 3. The van der Waals surface area contributed by atoms with Gasteiger partial charge >= 0.3 is 0 Å². The van der Waals surface area contributed by atoms with E-state index in [9.17, 15) is 0 Å². The number of fused-ring (bicyclic) bond motifs is 3. The molecule has 0 unspecified atom stereocenters. The molecule has 0 N–H and O–H groups in total. The molecule has 0 amide bonds. The highest BCUT2D eigenvalue weighted by atomic mass is 16.3. The van der Waals surface area contributed by atoms with Gasteiger partial charge in [0.2, 0.25) is 0 Å². The minimum absolute atomic E-state index is 0.584. The van der Waals surface area contributed by atoms with Crippen LogP contribution in [-0.4, -0.2) is 15.0 Å². The van der Waals surface area contributed by atoms with E-state index in [2.05, 4.69) is 170 Å². The molecule has 0 aliphatic carbocycles. The van der Waals surface area contributed by atoms with Crippen molar-refractivity contribution < 1.29 is 4.42 Å². The Morgan fingerprint density at radius 1 is 0.291 bits per heavy atom. The zero-order valence-corrected chi connectivity index (χ0v) is 29.8. The lowest BCUT2D eigenvalue weighted by Crippen LogP contribution is -2.00. The minimum atomic E-state index is 0.584. The summed E-state index contributed by atoms with van der Waals surface area (Å²) in [5, 5.41) is 1.98. The van der Waals surface area contributed by atoms with Crippen molar-refractivity contribution in [2.45, 2.75) is 0 Å². The maximum Gasteiger partial charge on any atom is 0.164 e. The molecular weight excluding hydrogens is 671 g/mol. The Kier molecular flexibility index (Phi) is 8.12. The van der Waals surface area contributed by atoms with Gasteiger partial charge in [-0.15, -0.1) is 0 Å². The van der Waals surface area contributed by atoms with E-state index < -0.39 is 0 Å². The molecule has 0 saturated heterocycles. The lowest BCUT2D eigenvalue weighted by atomic mass is 9.93. The van der Waals surface area contributed by atoms with Crippen molar-refractivity contribution in [3.63, 3.8) is 0 Å². The van der Waals surface area contributed by atoms with Crippen molar-refractivity contribution in [3.05, 3.63) is 200 Å². The van der Waals surface area contributed by atoms with Gasteiger partial charge < -0.3 is 4.42 Å². The summed E-state index contributed by atoms with van der Waals surface area (Å²) in [6, 6.07) is 69.2. The SMILES string of the molecule is c1ccc(-c2ccc(-c3nc(-c4cccc(-c5ccccc5)c4)nc(-c4cccc5oc6c(-c7ccccc7-c7ccccc7)cccc6c45)n3)cc2)cc1. The third-order valence-electron chi connectivity index (χ3n) is 10.2. The van der Waals surface area contributed by atoms with Gasteiger partial charge in [-0.2, -0.15) is 0 Å². The van der Waals surface area contributed by atoms with Crippen LogP contribution in [0.4, 0.5) is 0 Å². The van der Waals surface area contributed by atoms with E-state index in [1.165, 1.54) is 0 Å². The molecule has 0 bridgehead atoms. The van der Waals surface area contributed by atoms with Crippen molar-refractivity contribution in [2.24, 2.45) is 0 Å². The topological polar surface area (TPSA) is 51.8 Å². The number of hydrogen-bond donors (Lipinski definition) is 0. The van der Waals surface area contributed by atoms with Crippen LogP contribution in [0.1, 0.15) is 0 Å². The standard InChI is InChI=1S/C51H33N3O/c1-4-15-34(16-5-1)36-29-31-38(32-30-36)49-52-50(40-22-12-21-39(33-40)35-17-6-2-7-18-35)54-51(53-49)45-27-14-28-46-47(45)44-26-13-25-43(48(44)55-46)42-24-11-10-23-41(42)37-19-8-3-9-20-37/h1-33H. The lowest BCUT2D eigenvalue weighted by Gasteiger charge is -2.11. The van der Waals surface area contributed by atoms with Crippen molar-refractivity contribution in [3.8, 4) is 78.7 Å². The predicted molar refractivity (Wildman–Crippen MR) is 225 cm³/mol. The lowest BCUT2D eigenvalue weighted by molar-refractivity contribution is 0.670. The molecular formula is C51H33N3O. The van der Waals surface area contributed by atoms with Gasteiger partial charge in [0.05, 0.1) is 0 Å². The third kappa shape index (κ3) is 6.06. The van der Waals surface area contributed by atoms with Crippen LogP contribution in [0.3, 0.4) is 0 Å². The maximum absolute atomic E-state index is 6.77. The minimum Gasteiger partial charge on any atom is -0.455 e. The monoisotopic (exact) mass is 703 g/mol. The summed E-state index contributed by atoms with van der Waals surface area (Å²) in [5.74, 6) is 1.79. The molecule has 0 aliphatic rings. The molecule has 258 valence electrons. The van der Waals surface area contributed by atoms with E-state index >= 15 is 0 Å². The molecule has 4 heteroatoms. The van der Waals surface area contributed by atoms with E-state index in [1.807, 2.05) is 30.3 Å². The summed E-state index contributed by atoms with van der Waals surface area (Å²) in [6.45, 7) is 0. The van der Waals surface area contributed by atoms with Crippen LogP contribution in [0.15, 0.2) is 205 Å². The highest BCUT2D eigenvalue weighted by Gasteiger charge is 2.21. The van der Waals surface area contributed by atoms with Gasteiger partial charge in [-0.1, -0.05) is 188 Å². The van der Waals surface area contributed by atoms with Gasteiger partial charge in [-0.3, -0.25) is 0 Å². The largest absolute Gasteiger partial charge is 0.455 e. The second-order valence-electron chi connectivity index (χ2n) is 13.6. The molecule has 0 aliphatic heterocycles. The summed E-state index contributed by atoms with van der Waals surface area (Å²) in [5.41, 5.74) is 13.3. The highest BCUT2D eigenvalue weighted by Crippen LogP contribution is 2.42. The van der Waals surface area contributed by atoms with Crippen LogP contribution in [0.25, 0.3) is 101 Å². The van der Waals surface area contributed by atoms with Crippen LogP contribution < -0.4 is 0 Å². The fourth-order valence-electron chi connectivity index (χ4n) is 7.50. The molecule has 0 saturated carbocycles. The fraction of sp³-hybridized carbons (Fsp3) is 0. The summed E-state index contributed by atoms with van der Waals surface area (Å²) >= 11 is 0. The first-order chi connectivity index (χ1) is 27.3. The van der Waals surface area contributed by atoms with Crippen LogP contribution >= 0.6 is 0 Å².